The highest BCUT2D eigenvalue weighted by Gasteiger charge is 2.21. The normalized spacial score (nSPS) is 11.5. The van der Waals surface area contributed by atoms with Crippen LogP contribution in [0.2, 0.25) is 0 Å². The van der Waals surface area contributed by atoms with Crippen molar-refractivity contribution in [2.24, 2.45) is 0 Å². The summed E-state index contributed by atoms with van der Waals surface area (Å²) < 4.78 is 2.32. The summed E-state index contributed by atoms with van der Waals surface area (Å²) in [4.78, 5) is 21.2. The van der Waals surface area contributed by atoms with Gasteiger partial charge >= 0.3 is 0 Å². The molecule has 0 fully saturated rings. The van der Waals surface area contributed by atoms with Crippen LogP contribution in [0.25, 0.3) is 106 Å². The first-order valence-corrected chi connectivity index (χ1v) is 19.1. The number of rotatable bonds is 6. The molecule has 0 bridgehead atoms. The average molecular weight is 728 g/mol. The minimum absolute atomic E-state index is 0.564. The molecule has 5 nitrogen and oxygen atoms in total. The van der Waals surface area contributed by atoms with Crippen LogP contribution >= 0.6 is 0 Å². The molecule has 0 atom stereocenters. The highest BCUT2D eigenvalue weighted by atomic mass is 15.0. The van der Waals surface area contributed by atoms with Crippen LogP contribution in [-0.4, -0.2) is 24.5 Å². The van der Waals surface area contributed by atoms with Crippen molar-refractivity contribution in [2.75, 3.05) is 0 Å². The Morgan fingerprint density at radius 2 is 0.860 bits per heavy atom. The maximum Gasteiger partial charge on any atom is 0.166 e. The minimum atomic E-state index is 0.564. The zero-order chi connectivity index (χ0) is 37.7. The Kier molecular flexibility index (Phi) is 7.74. The largest absolute Gasteiger partial charge is 0.309 e. The third-order valence-corrected chi connectivity index (χ3v) is 10.8. The molecule has 0 spiro atoms. The average Bonchev–Trinajstić information content (AvgIpc) is 3.63. The van der Waals surface area contributed by atoms with Gasteiger partial charge in [-0.3, -0.25) is 0 Å². The molecule has 0 amide bonds. The Hall–Kier alpha value is -7.76. The molecule has 0 N–H and O–H groups in total. The molecule has 3 heterocycles. The summed E-state index contributed by atoms with van der Waals surface area (Å²) in [6, 6.07) is 69.7. The van der Waals surface area contributed by atoms with E-state index in [2.05, 4.69) is 180 Å². The lowest BCUT2D eigenvalue weighted by molar-refractivity contribution is 1.07. The van der Waals surface area contributed by atoms with Crippen LogP contribution in [-0.2, 0) is 0 Å². The van der Waals surface area contributed by atoms with Crippen molar-refractivity contribution in [1.82, 2.24) is 24.5 Å². The van der Waals surface area contributed by atoms with Gasteiger partial charge in [0.15, 0.2) is 17.5 Å². The molecule has 11 rings (SSSR count). The van der Waals surface area contributed by atoms with Gasteiger partial charge in [0.25, 0.3) is 0 Å². The predicted molar refractivity (Wildman–Crippen MR) is 234 cm³/mol. The molecular formula is C52H33N5. The second-order valence-corrected chi connectivity index (χ2v) is 14.2. The number of nitrogens with zero attached hydrogens (tertiary/aromatic N) is 5. The van der Waals surface area contributed by atoms with Gasteiger partial charge in [0, 0.05) is 44.1 Å². The monoisotopic (exact) mass is 727 g/mol. The molecule has 5 heteroatoms. The van der Waals surface area contributed by atoms with Gasteiger partial charge in [0.1, 0.15) is 0 Å². The molecule has 0 aliphatic rings. The lowest BCUT2D eigenvalue weighted by atomic mass is 9.92. The molecule has 0 aliphatic carbocycles. The van der Waals surface area contributed by atoms with E-state index in [1.807, 2.05) is 24.3 Å². The zero-order valence-corrected chi connectivity index (χ0v) is 30.8. The topological polar surface area (TPSA) is 56.5 Å². The van der Waals surface area contributed by atoms with Gasteiger partial charge in [-0.05, 0) is 58.3 Å². The summed E-state index contributed by atoms with van der Waals surface area (Å²) in [6.07, 6.45) is 0. The lowest BCUT2D eigenvalue weighted by Gasteiger charge is -2.17. The number of benzene rings is 8. The first-order chi connectivity index (χ1) is 28.3. The van der Waals surface area contributed by atoms with Gasteiger partial charge in [-0.15, -0.1) is 0 Å². The second kappa shape index (κ2) is 13.5. The quantitative estimate of drug-likeness (QED) is 0.160. The minimum Gasteiger partial charge on any atom is -0.309 e. The van der Waals surface area contributed by atoms with Crippen molar-refractivity contribution in [3.8, 4) is 62.2 Å². The van der Waals surface area contributed by atoms with E-state index in [4.69, 9.17) is 19.9 Å². The molecule has 0 radical (unpaired) electrons. The number of hydrogen-bond acceptors (Lipinski definition) is 4. The number of fused-ring (bicyclic) bond motifs is 6. The Morgan fingerprint density at radius 1 is 0.333 bits per heavy atom. The Labute approximate surface area is 329 Å². The summed E-state index contributed by atoms with van der Waals surface area (Å²) in [6.45, 7) is 0. The van der Waals surface area contributed by atoms with E-state index in [-0.39, 0.29) is 0 Å². The molecule has 266 valence electrons. The first kappa shape index (κ1) is 32.7. The number of aromatic nitrogens is 5. The highest BCUT2D eigenvalue weighted by Crippen LogP contribution is 2.41. The van der Waals surface area contributed by atoms with Crippen LogP contribution in [0.3, 0.4) is 0 Å². The Bertz CT molecular complexity index is 3230. The third kappa shape index (κ3) is 5.64. The van der Waals surface area contributed by atoms with Gasteiger partial charge in [0.05, 0.1) is 22.2 Å². The van der Waals surface area contributed by atoms with E-state index < -0.39 is 0 Å². The molecule has 0 saturated heterocycles. The van der Waals surface area contributed by atoms with E-state index in [1.54, 1.807) is 0 Å². The van der Waals surface area contributed by atoms with Crippen LogP contribution in [0, 0.1) is 0 Å². The molecule has 8 aromatic carbocycles. The zero-order valence-electron chi connectivity index (χ0n) is 30.8. The summed E-state index contributed by atoms with van der Waals surface area (Å²) in [5, 5.41) is 5.70. The SMILES string of the molecule is c1ccc(-c2cc(-c3ccccc3)c3c(n2)c(-c2nc(-c4ccccc4)nc(-c4cccc(-n5c6ccccc6c6ccccc65)c4)n2)cc2ccccc23)cc1. The van der Waals surface area contributed by atoms with Crippen LogP contribution < -0.4 is 0 Å². The maximum absolute atomic E-state index is 5.46. The van der Waals surface area contributed by atoms with Crippen molar-refractivity contribution in [3.05, 3.63) is 200 Å². The van der Waals surface area contributed by atoms with Crippen molar-refractivity contribution in [1.29, 1.82) is 0 Å². The summed E-state index contributed by atoms with van der Waals surface area (Å²) in [5.41, 5.74) is 11.0. The first-order valence-electron chi connectivity index (χ1n) is 19.1. The highest BCUT2D eigenvalue weighted by molar-refractivity contribution is 6.18. The fourth-order valence-corrected chi connectivity index (χ4v) is 8.19. The number of para-hydroxylation sites is 2. The molecule has 57 heavy (non-hydrogen) atoms. The molecule has 3 aromatic heterocycles. The van der Waals surface area contributed by atoms with E-state index in [9.17, 15) is 0 Å². The van der Waals surface area contributed by atoms with E-state index in [0.29, 0.717) is 17.5 Å². The fourth-order valence-electron chi connectivity index (χ4n) is 8.19. The van der Waals surface area contributed by atoms with Gasteiger partial charge in [-0.1, -0.05) is 164 Å². The third-order valence-electron chi connectivity index (χ3n) is 10.8. The van der Waals surface area contributed by atoms with E-state index in [0.717, 1.165) is 77.5 Å². The van der Waals surface area contributed by atoms with Gasteiger partial charge < -0.3 is 4.57 Å². The molecule has 0 saturated carbocycles. The van der Waals surface area contributed by atoms with Crippen LogP contribution in [0.5, 0.6) is 0 Å². The Morgan fingerprint density at radius 3 is 1.54 bits per heavy atom. The summed E-state index contributed by atoms with van der Waals surface area (Å²) in [7, 11) is 0. The summed E-state index contributed by atoms with van der Waals surface area (Å²) >= 11 is 0. The molecule has 11 aromatic rings. The van der Waals surface area contributed by atoms with Crippen molar-refractivity contribution in [3.63, 3.8) is 0 Å². The van der Waals surface area contributed by atoms with Gasteiger partial charge in [0.2, 0.25) is 0 Å². The maximum atomic E-state index is 5.46. The molecule has 0 unspecified atom stereocenters. The van der Waals surface area contributed by atoms with Crippen molar-refractivity contribution in [2.45, 2.75) is 0 Å². The van der Waals surface area contributed by atoms with Crippen molar-refractivity contribution < 1.29 is 0 Å². The molecular weight excluding hydrogens is 695 g/mol. The predicted octanol–water partition coefficient (Wildman–Crippen LogP) is 13.0. The standard InChI is InChI=1S/C52H33N5/c1-4-17-34(18-5-1)43-33-45(35-19-6-2-7-20-35)53-49-44(32-37-23-10-11-26-40(37)48(43)49)52-55-50(36-21-8-3-9-22-36)54-51(56-52)38-24-16-25-39(31-38)57-46-29-14-12-27-41(46)42-28-13-15-30-47(42)57/h1-33H. The molecule has 0 aliphatic heterocycles. The number of hydrogen-bond donors (Lipinski definition) is 0. The van der Waals surface area contributed by atoms with Crippen LogP contribution in [0.4, 0.5) is 0 Å². The fraction of sp³-hybridized carbons (Fsp3) is 0. The van der Waals surface area contributed by atoms with Crippen molar-refractivity contribution >= 4 is 43.5 Å². The van der Waals surface area contributed by atoms with Gasteiger partial charge in [-0.2, -0.15) is 0 Å². The van der Waals surface area contributed by atoms with Crippen LogP contribution in [0.15, 0.2) is 200 Å². The van der Waals surface area contributed by atoms with Gasteiger partial charge in [-0.25, -0.2) is 19.9 Å². The Balaban J connectivity index is 1.19. The second-order valence-electron chi connectivity index (χ2n) is 14.2. The number of pyridine rings is 1. The van der Waals surface area contributed by atoms with E-state index >= 15 is 0 Å². The lowest BCUT2D eigenvalue weighted by Crippen LogP contribution is -2.02. The van der Waals surface area contributed by atoms with E-state index in [1.165, 1.54) is 10.8 Å². The van der Waals surface area contributed by atoms with Crippen LogP contribution in [0.1, 0.15) is 0 Å². The smallest absolute Gasteiger partial charge is 0.166 e. The summed E-state index contributed by atoms with van der Waals surface area (Å²) in [5.74, 6) is 1.75.